The lowest BCUT2D eigenvalue weighted by Gasteiger charge is -2.26. The van der Waals surface area contributed by atoms with E-state index in [0.717, 1.165) is 12.0 Å². The number of thioether (sulfide) groups is 1. The Balaban J connectivity index is 1.64. The van der Waals surface area contributed by atoms with Crippen molar-refractivity contribution in [1.82, 2.24) is 10.6 Å². The molecule has 1 saturated heterocycles. The Kier molecular flexibility index (Phi) is 5.46. The molecule has 0 spiro atoms. The van der Waals surface area contributed by atoms with Gasteiger partial charge in [-0.3, -0.25) is 0 Å². The molecule has 0 bridgehead atoms. The molecule has 1 heterocycles. The van der Waals surface area contributed by atoms with Crippen molar-refractivity contribution in [3.8, 4) is 0 Å². The van der Waals surface area contributed by atoms with Gasteiger partial charge < -0.3 is 10.6 Å². The zero-order valence-corrected chi connectivity index (χ0v) is 11.3. The van der Waals surface area contributed by atoms with Crippen LogP contribution < -0.4 is 10.6 Å². The lowest BCUT2D eigenvalue weighted by atomic mass is 10.0. The summed E-state index contributed by atoms with van der Waals surface area (Å²) in [5, 5.41) is 7.38. The number of hydrogen-bond acceptors (Lipinski definition) is 3. The Morgan fingerprint density at radius 3 is 3.00 bits per heavy atom. The smallest absolute Gasteiger partial charge is 0.0283 e. The van der Waals surface area contributed by atoms with Crippen LogP contribution in [0.4, 0.5) is 0 Å². The van der Waals surface area contributed by atoms with Crippen LogP contribution >= 0.6 is 11.8 Å². The molecule has 0 aromatic rings. The summed E-state index contributed by atoms with van der Waals surface area (Å²) in [5.41, 5.74) is 0. The van der Waals surface area contributed by atoms with E-state index in [-0.39, 0.29) is 0 Å². The summed E-state index contributed by atoms with van der Waals surface area (Å²) in [6, 6.07) is 1.50. The third kappa shape index (κ3) is 4.27. The first-order chi connectivity index (χ1) is 7.84. The molecule has 0 radical (unpaired) electrons. The average molecular weight is 242 g/mol. The summed E-state index contributed by atoms with van der Waals surface area (Å²) in [7, 11) is 0. The van der Waals surface area contributed by atoms with E-state index in [1.165, 1.54) is 56.7 Å². The number of rotatable bonds is 3. The molecule has 1 aliphatic heterocycles. The van der Waals surface area contributed by atoms with Gasteiger partial charge in [0.25, 0.3) is 0 Å². The fourth-order valence-corrected chi connectivity index (χ4v) is 3.70. The summed E-state index contributed by atoms with van der Waals surface area (Å²) >= 11 is 2.09. The molecule has 3 atom stereocenters. The van der Waals surface area contributed by atoms with Gasteiger partial charge in [0, 0.05) is 36.7 Å². The van der Waals surface area contributed by atoms with Crippen molar-refractivity contribution in [2.75, 3.05) is 24.6 Å². The van der Waals surface area contributed by atoms with Gasteiger partial charge in [-0.25, -0.2) is 0 Å². The molecule has 3 unspecified atom stereocenters. The molecule has 2 rings (SSSR count). The minimum absolute atomic E-state index is 0.708. The maximum Gasteiger partial charge on any atom is 0.0283 e. The molecule has 0 amide bonds. The standard InChI is InChI=1S/C13H26N2S/c1-11-3-2-4-12(6-5-11)15-9-13-10-16-8-7-14-13/h11-15H,2-10H2,1H3. The van der Waals surface area contributed by atoms with E-state index in [1.807, 2.05) is 0 Å². The molecule has 3 heteroatoms. The lowest BCUT2D eigenvalue weighted by molar-refractivity contribution is 0.415. The molecule has 1 aliphatic carbocycles. The van der Waals surface area contributed by atoms with Gasteiger partial charge in [-0.2, -0.15) is 11.8 Å². The Morgan fingerprint density at radius 2 is 2.19 bits per heavy atom. The monoisotopic (exact) mass is 242 g/mol. The third-order valence-electron chi connectivity index (χ3n) is 3.91. The summed E-state index contributed by atoms with van der Waals surface area (Å²) in [6.45, 7) is 4.77. The Morgan fingerprint density at radius 1 is 1.25 bits per heavy atom. The van der Waals surface area contributed by atoms with Crippen molar-refractivity contribution in [3.05, 3.63) is 0 Å². The maximum atomic E-state index is 3.78. The SMILES string of the molecule is CC1CCCC(NCC2CSCCN2)CC1. The Bertz CT molecular complexity index is 192. The largest absolute Gasteiger partial charge is 0.312 e. The van der Waals surface area contributed by atoms with E-state index in [9.17, 15) is 0 Å². The van der Waals surface area contributed by atoms with Gasteiger partial charge >= 0.3 is 0 Å². The van der Waals surface area contributed by atoms with Gasteiger partial charge in [0.1, 0.15) is 0 Å². The van der Waals surface area contributed by atoms with Gasteiger partial charge in [-0.05, 0) is 25.2 Å². The van der Waals surface area contributed by atoms with Crippen molar-refractivity contribution < 1.29 is 0 Å². The molecule has 2 fully saturated rings. The topological polar surface area (TPSA) is 24.1 Å². The van der Waals surface area contributed by atoms with Crippen LogP contribution in [0, 0.1) is 5.92 Å². The quantitative estimate of drug-likeness (QED) is 0.742. The number of hydrogen-bond donors (Lipinski definition) is 2. The minimum atomic E-state index is 0.708. The van der Waals surface area contributed by atoms with Crippen LogP contribution in [0.15, 0.2) is 0 Å². The normalized spacial score (nSPS) is 36.9. The zero-order chi connectivity index (χ0) is 11.2. The maximum absolute atomic E-state index is 3.78. The second-order valence-electron chi connectivity index (χ2n) is 5.44. The molecular formula is C13H26N2S. The molecule has 2 aliphatic rings. The van der Waals surface area contributed by atoms with Crippen molar-refractivity contribution in [1.29, 1.82) is 0 Å². The van der Waals surface area contributed by atoms with E-state index in [1.54, 1.807) is 0 Å². The van der Waals surface area contributed by atoms with Gasteiger partial charge in [-0.1, -0.05) is 19.8 Å². The van der Waals surface area contributed by atoms with Crippen molar-refractivity contribution in [2.45, 2.75) is 51.1 Å². The second kappa shape index (κ2) is 6.87. The summed E-state index contributed by atoms with van der Waals surface area (Å²) in [6.07, 6.45) is 7.07. The first kappa shape index (κ1) is 12.7. The number of nitrogens with one attached hydrogen (secondary N) is 2. The Labute approximate surface area is 104 Å². The lowest BCUT2D eigenvalue weighted by Crippen LogP contribution is -2.46. The molecule has 0 aromatic heterocycles. The summed E-state index contributed by atoms with van der Waals surface area (Å²) in [4.78, 5) is 0. The van der Waals surface area contributed by atoms with Gasteiger partial charge in [-0.15, -0.1) is 0 Å². The molecule has 2 N–H and O–H groups in total. The van der Waals surface area contributed by atoms with Crippen LogP contribution in [0.3, 0.4) is 0 Å². The highest BCUT2D eigenvalue weighted by Gasteiger charge is 2.18. The molecular weight excluding hydrogens is 216 g/mol. The fraction of sp³-hybridized carbons (Fsp3) is 1.00. The minimum Gasteiger partial charge on any atom is -0.312 e. The highest BCUT2D eigenvalue weighted by Crippen LogP contribution is 2.22. The average Bonchev–Trinajstić information content (AvgIpc) is 2.53. The molecule has 94 valence electrons. The van der Waals surface area contributed by atoms with Gasteiger partial charge in [0.05, 0.1) is 0 Å². The zero-order valence-electron chi connectivity index (χ0n) is 10.5. The predicted molar refractivity (Wildman–Crippen MR) is 73.2 cm³/mol. The third-order valence-corrected chi connectivity index (χ3v) is 5.04. The fourth-order valence-electron chi connectivity index (χ4n) is 2.75. The molecule has 0 aromatic carbocycles. The van der Waals surface area contributed by atoms with Crippen LogP contribution in [0.1, 0.15) is 39.0 Å². The van der Waals surface area contributed by atoms with Crippen LogP contribution in [0.25, 0.3) is 0 Å². The predicted octanol–water partition coefficient (Wildman–Crippen LogP) is 2.25. The summed E-state index contributed by atoms with van der Waals surface area (Å²) < 4.78 is 0. The highest BCUT2D eigenvalue weighted by molar-refractivity contribution is 7.99. The highest BCUT2D eigenvalue weighted by atomic mass is 32.2. The van der Waals surface area contributed by atoms with E-state index >= 15 is 0 Å². The Hall–Kier alpha value is 0.270. The van der Waals surface area contributed by atoms with Crippen molar-refractivity contribution in [2.24, 2.45) is 5.92 Å². The van der Waals surface area contributed by atoms with E-state index in [0.29, 0.717) is 6.04 Å². The van der Waals surface area contributed by atoms with Crippen molar-refractivity contribution in [3.63, 3.8) is 0 Å². The van der Waals surface area contributed by atoms with Crippen LogP contribution in [-0.2, 0) is 0 Å². The summed E-state index contributed by atoms with van der Waals surface area (Å²) in [5.74, 6) is 3.53. The van der Waals surface area contributed by atoms with Crippen LogP contribution in [0.5, 0.6) is 0 Å². The molecule has 1 saturated carbocycles. The molecule has 16 heavy (non-hydrogen) atoms. The van der Waals surface area contributed by atoms with Crippen LogP contribution in [0.2, 0.25) is 0 Å². The van der Waals surface area contributed by atoms with Crippen molar-refractivity contribution >= 4 is 11.8 Å². The van der Waals surface area contributed by atoms with Crippen LogP contribution in [-0.4, -0.2) is 36.7 Å². The van der Waals surface area contributed by atoms with E-state index < -0.39 is 0 Å². The molecule has 2 nitrogen and oxygen atoms in total. The van der Waals surface area contributed by atoms with E-state index in [4.69, 9.17) is 0 Å². The van der Waals surface area contributed by atoms with Gasteiger partial charge in [0.15, 0.2) is 0 Å². The first-order valence-corrected chi connectivity index (χ1v) is 8.04. The second-order valence-corrected chi connectivity index (χ2v) is 6.59. The first-order valence-electron chi connectivity index (χ1n) is 6.89. The van der Waals surface area contributed by atoms with Gasteiger partial charge in [0.2, 0.25) is 0 Å². The van der Waals surface area contributed by atoms with E-state index in [2.05, 4.69) is 29.3 Å².